The van der Waals surface area contributed by atoms with Gasteiger partial charge in [0.05, 0.1) is 0 Å². The van der Waals surface area contributed by atoms with E-state index in [-0.39, 0.29) is 17.8 Å². The fourth-order valence-corrected chi connectivity index (χ4v) is 2.14. The third kappa shape index (κ3) is 5.54. The zero-order valence-corrected chi connectivity index (χ0v) is 12.6. The predicted octanol–water partition coefficient (Wildman–Crippen LogP) is 3.41. The van der Waals surface area contributed by atoms with Crippen molar-refractivity contribution in [2.45, 2.75) is 25.8 Å². The number of hydrogen-bond acceptors (Lipinski definition) is 2. The molecule has 0 saturated carbocycles. The van der Waals surface area contributed by atoms with Crippen LogP contribution in [0.2, 0.25) is 0 Å². The van der Waals surface area contributed by atoms with Crippen LogP contribution in [0.4, 0.5) is 4.39 Å². The minimum Gasteiger partial charge on any atom is -0.481 e. The molecule has 0 aliphatic heterocycles. The second kappa shape index (κ2) is 8.08. The number of carbonyl (C=O) groups is 1. The molecule has 1 heterocycles. The van der Waals surface area contributed by atoms with Crippen molar-refractivity contribution in [3.63, 3.8) is 0 Å². The Hall–Kier alpha value is -2.69. The minimum absolute atomic E-state index is 0.118. The van der Waals surface area contributed by atoms with E-state index < -0.39 is 5.97 Å². The first-order valence-electron chi connectivity index (χ1n) is 7.40. The minimum atomic E-state index is -0.821. The summed E-state index contributed by atoms with van der Waals surface area (Å²) in [5.41, 5.74) is 1.49. The van der Waals surface area contributed by atoms with E-state index >= 15 is 0 Å². The zero-order chi connectivity index (χ0) is 16.7. The van der Waals surface area contributed by atoms with Crippen LogP contribution in [0.3, 0.4) is 0 Å². The molecule has 2 aromatic rings. The Morgan fingerprint density at radius 1 is 1.09 bits per heavy atom. The van der Waals surface area contributed by atoms with E-state index in [9.17, 15) is 14.0 Å². The molecule has 0 spiro atoms. The quantitative estimate of drug-likeness (QED) is 0.797. The molecule has 2 rings (SSSR count). The molecule has 0 radical (unpaired) electrons. The van der Waals surface area contributed by atoms with Crippen molar-refractivity contribution >= 4 is 18.1 Å². The van der Waals surface area contributed by atoms with Gasteiger partial charge in [0.25, 0.3) is 5.56 Å². The van der Waals surface area contributed by atoms with Crippen molar-refractivity contribution in [1.29, 1.82) is 0 Å². The molecule has 120 valence electrons. The van der Waals surface area contributed by atoms with Crippen molar-refractivity contribution in [2.24, 2.45) is 0 Å². The standard InChI is InChI=1S/C18H18FNO3/c19-16-8-6-14(7-9-16)4-5-15-10-12-20(17(21)13-15)11-2-1-3-18(22)23/h4-10,12-13H,1-3,11H2,(H,22,23)/b5-4+. The lowest BCUT2D eigenvalue weighted by atomic mass is 10.1. The van der Waals surface area contributed by atoms with E-state index in [2.05, 4.69) is 0 Å². The van der Waals surface area contributed by atoms with Crippen LogP contribution in [0.25, 0.3) is 12.2 Å². The van der Waals surface area contributed by atoms with Gasteiger partial charge < -0.3 is 9.67 Å². The lowest BCUT2D eigenvalue weighted by molar-refractivity contribution is -0.137. The van der Waals surface area contributed by atoms with Gasteiger partial charge in [0.15, 0.2) is 0 Å². The van der Waals surface area contributed by atoms with Crippen LogP contribution in [0.15, 0.2) is 47.4 Å². The first-order valence-corrected chi connectivity index (χ1v) is 7.40. The number of nitrogens with zero attached hydrogens (tertiary/aromatic N) is 1. The summed E-state index contributed by atoms with van der Waals surface area (Å²) in [6.45, 7) is 0.508. The maximum Gasteiger partial charge on any atom is 0.303 e. The highest BCUT2D eigenvalue weighted by molar-refractivity contribution is 5.69. The van der Waals surface area contributed by atoms with E-state index in [4.69, 9.17) is 5.11 Å². The number of rotatable bonds is 7. The second-order valence-corrected chi connectivity index (χ2v) is 5.23. The van der Waals surface area contributed by atoms with Gasteiger partial charge in [0, 0.05) is 25.2 Å². The Bertz CT molecular complexity index is 748. The largest absolute Gasteiger partial charge is 0.481 e. The number of aromatic nitrogens is 1. The highest BCUT2D eigenvalue weighted by Gasteiger charge is 2.00. The monoisotopic (exact) mass is 315 g/mol. The Morgan fingerprint density at radius 3 is 2.43 bits per heavy atom. The third-order valence-corrected chi connectivity index (χ3v) is 3.40. The third-order valence-electron chi connectivity index (χ3n) is 3.40. The van der Waals surface area contributed by atoms with Crippen molar-refractivity contribution in [1.82, 2.24) is 4.57 Å². The first-order chi connectivity index (χ1) is 11.0. The van der Waals surface area contributed by atoms with Gasteiger partial charge in [-0.15, -0.1) is 0 Å². The molecule has 0 fully saturated rings. The van der Waals surface area contributed by atoms with Gasteiger partial charge in [0.2, 0.25) is 0 Å². The van der Waals surface area contributed by atoms with E-state index in [1.807, 2.05) is 12.1 Å². The molecule has 0 amide bonds. The van der Waals surface area contributed by atoms with Crippen molar-refractivity contribution in [3.8, 4) is 0 Å². The second-order valence-electron chi connectivity index (χ2n) is 5.23. The summed E-state index contributed by atoms with van der Waals surface area (Å²) in [5.74, 6) is -1.11. The maximum atomic E-state index is 12.8. The summed E-state index contributed by atoms with van der Waals surface area (Å²) in [5, 5.41) is 8.57. The molecular formula is C18H18FNO3. The predicted molar refractivity (Wildman–Crippen MR) is 87.5 cm³/mol. The van der Waals surface area contributed by atoms with E-state index in [0.717, 1.165) is 11.1 Å². The number of aliphatic carboxylic acids is 1. The lowest BCUT2D eigenvalue weighted by Crippen LogP contribution is -2.18. The molecule has 1 aromatic carbocycles. The molecule has 4 nitrogen and oxygen atoms in total. The normalized spacial score (nSPS) is 11.0. The van der Waals surface area contributed by atoms with Crippen molar-refractivity contribution < 1.29 is 14.3 Å². The Balaban J connectivity index is 1.97. The van der Waals surface area contributed by atoms with Gasteiger partial charge in [-0.25, -0.2) is 4.39 Å². The molecule has 5 heteroatoms. The van der Waals surface area contributed by atoms with Gasteiger partial charge in [-0.05, 0) is 42.2 Å². The smallest absolute Gasteiger partial charge is 0.303 e. The van der Waals surface area contributed by atoms with E-state index in [1.165, 1.54) is 18.2 Å². The average molecular weight is 315 g/mol. The maximum absolute atomic E-state index is 12.8. The van der Waals surface area contributed by atoms with Crippen LogP contribution < -0.4 is 5.56 Å². The topological polar surface area (TPSA) is 59.3 Å². The fourth-order valence-electron chi connectivity index (χ4n) is 2.14. The fraction of sp³-hybridized carbons (Fsp3) is 0.222. The highest BCUT2D eigenvalue weighted by Crippen LogP contribution is 2.08. The summed E-state index contributed by atoms with van der Waals surface area (Å²) in [6, 6.07) is 9.43. The van der Waals surface area contributed by atoms with Crippen LogP contribution >= 0.6 is 0 Å². The summed E-state index contributed by atoms with van der Waals surface area (Å²) in [4.78, 5) is 22.4. The summed E-state index contributed by atoms with van der Waals surface area (Å²) >= 11 is 0. The average Bonchev–Trinajstić information content (AvgIpc) is 2.52. The van der Waals surface area contributed by atoms with Crippen molar-refractivity contribution in [2.75, 3.05) is 0 Å². The summed E-state index contributed by atoms with van der Waals surface area (Å²) in [7, 11) is 0. The van der Waals surface area contributed by atoms with Crippen LogP contribution in [-0.4, -0.2) is 15.6 Å². The number of carboxylic acid groups (broad SMARTS) is 1. The van der Waals surface area contributed by atoms with Crippen LogP contribution in [0, 0.1) is 5.82 Å². The number of aryl methyl sites for hydroxylation is 1. The van der Waals surface area contributed by atoms with Gasteiger partial charge in [0.1, 0.15) is 5.82 Å². The molecule has 0 bridgehead atoms. The van der Waals surface area contributed by atoms with Gasteiger partial charge in [-0.2, -0.15) is 0 Å². The zero-order valence-electron chi connectivity index (χ0n) is 12.6. The number of hydrogen-bond donors (Lipinski definition) is 1. The number of halogens is 1. The molecule has 0 aliphatic carbocycles. The first kappa shape index (κ1) is 16.7. The molecule has 0 saturated heterocycles. The molecule has 0 atom stereocenters. The molecule has 1 aromatic heterocycles. The summed E-state index contributed by atoms with van der Waals surface area (Å²) in [6.07, 6.45) is 6.63. The summed E-state index contributed by atoms with van der Waals surface area (Å²) < 4.78 is 14.4. The molecule has 0 unspecified atom stereocenters. The van der Waals surface area contributed by atoms with E-state index in [1.54, 1.807) is 29.0 Å². The number of unbranched alkanes of at least 4 members (excludes halogenated alkanes) is 1. The van der Waals surface area contributed by atoms with E-state index in [0.29, 0.717) is 19.4 Å². The number of benzene rings is 1. The van der Waals surface area contributed by atoms with Gasteiger partial charge in [-0.1, -0.05) is 24.3 Å². The molecule has 1 N–H and O–H groups in total. The Kier molecular flexibility index (Phi) is 5.86. The molecule has 0 aliphatic rings. The van der Waals surface area contributed by atoms with Crippen LogP contribution in [0.5, 0.6) is 0 Å². The Morgan fingerprint density at radius 2 is 1.78 bits per heavy atom. The van der Waals surface area contributed by atoms with Crippen LogP contribution in [0.1, 0.15) is 30.4 Å². The van der Waals surface area contributed by atoms with Crippen molar-refractivity contribution in [3.05, 3.63) is 69.9 Å². The molecule has 23 heavy (non-hydrogen) atoms. The highest BCUT2D eigenvalue weighted by atomic mass is 19.1. The van der Waals surface area contributed by atoms with Gasteiger partial charge >= 0.3 is 5.97 Å². The SMILES string of the molecule is O=C(O)CCCCn1ccc(/C=C/c2ccc(F)cc2)cc1=O. The molecular weight excluding hydrogens is 297 g/mol. The Labute approximate surface area is 133 Å². The van der Waals surface area contributed by atoms with Gasteiger partial charge in [-0.3, -0.25) is 9.59 Å². The number of pyridine rings is 1. The van der Waals surface area contributed by atoms with Crippen LogP contribution in [-0.2, 0) is 11.3 Å². The lowest BCUT2D eigenvalue weighted by Gasteiger charge is -2.05. The number of carboxylic acids is 1.